The maximum Gasteiger partial charge on any atom is 0.224 e. The van der Waals surface area contributed by atoms with Crippen LogP contribution in [-0.4, -0.2) is 50.2 Å². The number of methoxy groups -OCH3 is 1. The summed E-state index contributed by atoms with van der Waals surface area (Å²) in [6.07, 6.45) is 4.31. The van der Waals surface area contributed by atoms with Crippen LogP contribution in [0.15, 0.2) is 23.8 Å². The Morgan fingerprint density at radius 1 is 1.35 bits per heavy atom. The lowest BCUT2D eigenvalue weighted by molar-refractivity contribution is -0.126. The highest BCUT2D eigenvalue weighted by Crippen LogP contribution is 2.31. The van der Waals surface area contributed by atoms with Gasteiger partial charge in [0.25, 0.3) is 0 Å². The Kier molecular flexibility index (Phi) is 3.73. The van der Waals surface area contributed by atoms with Gasteiger partial charge in [0.1, 0.15) is 18.1 Å². The Hall–Kier alpha value is -2.01. The molecule has 1 amide bonds. The summed E-state index contributed by atoms with van der Waals surface area (Å²) < 4.78 is 11.2. The second-order valence-electron chi connectivity index (χ2n) is 6.67. The molecule has 0 saturated carbocycles. The second-order valence-corrected chi connectivity index (χ2v) is 6.67. The van der Waals surface area contributed by atoms with E-state index in [0.29, 0.717) is 12.6 Å². The normalized spacial score (nSPS) is 26.7. The Bertz CT molecular complexity index is 656. The summed E-state index contributed by atoms with van der Waals surface area (Å²) in [4.78, 5) is 14.3. The fourth-order valence-electron chi connectivity index (χ4n) is 3.77. The Morgan fingerprint density at radius 3 is 3.09 bits per heavy atom. The molecule has 4 aliphatic heterocycles. The summed E-state index contributed by atoms with van der Waals surface area (Å²) in [5.41, 5.74) is 2.32. The Balaban J connectivity index is 1.50. The highest BCUT2D eigenvalue weighted by molar-refractivity contribution is 5.80. The molecule has 23 heavy (non-hydrogen) atoms. The zero-order valence-electron chi connectivity index (χ0n) is 13.4. The molecule has 2 bridgehead atoms. The minimum Gasteiger partial charge on any atom is -0.497 e. The van der Waals surface area contributed by atoms with Crippen LogP contribution < -0.4 is 14.8 Å². The van der Waals surface area contributed by atoms with Crippen molar-refractivity contribution in [2.24, 2.45) is 5.92 Å². The van der Waals surface area contributed by atoms with E-state index >= 15 is 0 Å². The monoisotopic (exact) mass is 314 g/mol. The number of nitrogens with one attached hydrogen (secondary N) is 1. The van der Waals surface area contributed by atoms with Gasteiger partial charge in [-0.25, -0.2) is 0 Å². The van der Waals surface area contributed by atoms with Gasteiger partial charge in [-0.1, -0.05) is 0 Å². The van der Waals surface area contributed by atoms with E-state index in [-0.39, 0.29) is 11.8 Å². The maximum absolute atomic E-state index is 12.0. The minimum atomic E-state index is 0.145. The predicted octanol–water partition coefficient (Wildman–Crippen LogP) is 1.68. The van der Waals surface area contributed by atoms with Gasteiger partial charge >= 0.3 is 0 Å². The molecule has 1 N–H and O–H groups in total. The summed E-state index contributed by atoms with van der Waals surface area (Å²) in [6.45, 7) is 3.26. The van der Waals surface area contributed by atoms with Gasteiger partial charge in [0.15, 0.2) is 0 Å². The maximum atomic E-state index is 12.0. The predicted molar refractivity (Wildman–Crippen MR) is 87.6 cm³/mol. The lowest BCUT2D eigenvalue weighted by atomic mass is 9.96. The van der Waals surface area contributed by atoms with Gasteiger partial charge in [-0.15, -0.1) is 0 Å². The van der Waals surface area contributed by atoms with Crippen molar-refractivity contribution < 1.29 is 14.3 Å². The quantitative estimate of drug-likeness (QED) is 0.922. The van der Waals surface area contributed by atoms with Crippen LogP contribution in [0.25, 0.3) is 6.08 Å². The summed E-state index contributed by atoms with van der Waals surface area (Å²) in [5.74, 6) is 2.12. The van der Waals surface area contributed by atoms with Gasteiger partial charge in [0.2, 0.25) is 5.91 Å². The molecule has 5 heteroatoms. The highest BCUT2D eigenvalue weighted by Gasteiger charge is 2.34. The van der Waals surface area contributed by atoms with E-state index in [1.54, 1.807) is 7.11 Å². The van der Waals surface area contributed by atoms with E-state index in [9.17, 15) is 4.79 Å². The van der Waals surface area contributed by atoms with Crippen LogP contribution in [0.5, 0.6) is 11.5 Å². The lowest BCUT2D eigenvalue weighted by Gasteiger charge is -2.25. The van der Waals surface area contributed by atoms with Crippen LogP contribution in [-0.2, 0) is 4.79 Å². The summed E-state index contributed by atoms with van der Waals surface area (Å²) >= 11 is 0. The number of ether oxygens (including phenoxy) is 2. The third-order valence-electron chi connectivity index (χ3n) is 4.95. The summed E-state index contributed by atoms with van der Waals surface area (Å²) in [7, 11) is 1.67. The minimum absolute atomic E-state index is 0.145. The van der Waals surface area contributed by atoms with Crippen molar-refractivity contribution in [2.45, 2.75) is 18.9 Å². The standard InChI is InChI=1S/C18H22N2O3/c1-22-16-4-5-17-14(7-16)6-12(11-23-17)8-20-9-13-2-3-15(10-20)19-18(13)21/h4-7,13,15H,2-3,8-11H2,1H3,(H,19,21)/t13-,15+/m1/s1. The zero-order chi connectivity index (χ0) is 15.8. The van der Waals surface area contributed by atoms with Crippen LogP contribution in [0.2, 0.25) is 0 Å². The average molecular weight is 314 g/mol. The van der Waals surface area contributed by atoms with E-state index in [2.05, 4.69) is 16.3 Å². The molecule has 5 rings (SSSR count). The molecule has 3 saturated heterocycles. The van der Waals surface area contributed by atoms with Gasteiger partial charge in [-0.3, -0.25) is 9.69 Å². The number of carbonyl (C=O) groups is 1. The van der Waals surface area contributed by atoms with E-state index < -0.39 is 0 Å². The van der Waals surface area contributed by atoms with Crippen molar-refractivity contribution >= 4 is 12.0 Å². The number of piperidine rings is 1. The van der Waals surface area contributed by atoms with Gasteiger partial charge < -0.3 is 14.8 Å². The van der Waals surface area contributed by atoms with Crippen LogP contribution in [0.1, 0.15) is 18.4 Å². The van der Waals surface area contributed by atoms with Gasteiger partial charge in [0, 0.05) is 31.2 Å². The largest absolute Gasteiger partial charge is 0.497 e. The van der Waals surface area contributed by atoms with Crippen molar-refractivity contribution in [1.82, 2.24) is 10.2 Å². The Labute approximate surface area is 136 Å². The zero-order valence-corrected chi connectivity index (χ0v) is 13.4. The van der Waals surface area contributed by atoms with Crippen LogP contribution in [0.4, 0.5) is 0 Å². The molecule has 2 atom stereocenters. The third-order valence-corrected chi connectivity index (χ3v) is 4.95. The number of amides is 1. The molecule has 1 aromatic rings. The second kappa shape index (κ2) is 5.89. The summed E-state index contributed by atoms with van der Waals surface area (Å²) in [5, 5.41) is 3.13. The number of carbonyl (C=O) groups excluding carboxylic acids is 1. The first-order valence-electron chi connectivity index (χ1n) is 8.24. The first-order chi connectivity index (χ1) is 11.2. The SMILES string of the molecule is COc1ccc2c(c1)C=C(CN1C[C@@H]3CC[C@H](C1)C(=O)N3)CO2. The Morgan fingerprint density at radius 2 is 2.26 bits per heavy atom. The molecule has 3 fully saturated rings. The first kappa shape index (κ1) is 14.6. The van der Waals surface area contributed by atoms with E-state index in [0.717, 1.165) is 49.5 Å². The van der Waals surface area contributed by atoms with E-state index in [1.165, 1.54) is 5.57 Å². The molecular weight excluding hydrogens is 292 g/mol. The molecule has 5 nitrogen and oxygen atoms in total. The van der Waals surface area contributed by atoms with E-state index in [4.69, 9.17) is 9.47 Å². The molecule has 1 aromatic carbocycles. The molecule has 0 spiro atoms. The molecule has 122 valence electrons. The lowest BCUT2D eigenvalue weighted by Crippen LogP contribution is -2.43. The number of rotatable bonds is 3. The van der Waals surface area contributed by atoms with Gasteiger partial charge in [-0.05, 0) is 42.7 Å². The number of hydrogen-bond acceptors (Lipinski definition) is 4. The fraction of sp³-hybridized carbons (Fsp3) is 0.500. The van der Waals surface area contributed by atoms with Crippen molar-refractivity contribution in [3.63, 3.8) is 0 Å². The first-order valence-corrected chi connectivity index (χ1v) is 8.24. The van der Waals surface area contributed by atoms with Crippen molar-refractivity contribution in [1.29, 1.82) is 0 Å². The fourth-order valence-corrected chi connectivity index (χ4v) is 3.77. The van der Waals surface area contributed by atoms with Crippen LogP contribution >= 0.6 is 0 Å². The average Bonchev–Trinajstić information content (AvgIpc) is 2.84. The number of hydrogen-bond donors (Lipinski definition) is 1. The van der Waals surface area contributed by atoms with Crippen molar-refractivity contribution in [2.75, 3.05) is 33.4 Å². The van der Waals surface area contributed by atoms with E-state index in [1.807, 2.05) is 18.2 Å². The van der Waals surface area contributed by atoms with Crippen LogP contribution in [0, 0.1) is 5.92 Å². The molecule has 4 heterocycles. The molecule has 0 aromatic heterocycles. The molecule has 0 unspecified atom stereocenters. The number of fused-ring (bicyclic) bond motifs is 5. The van der Waals surface area contributed by atoms with Crippen molar-refractivity contribution in [3.8, 4) is 11.5 Å². The highest BCUT2D eigenvalue weighted by atomic mass is 16.5. The number of nitrogens with zero attached hydrogens (tertiary/aromatic N) is 1. The van der Waals surface area contributed by atoms with Gasteiger partial charge in [0.05, 0.1) is 13.0 Å². The van der Waals surface area contributed by atoms with Crippen LogP contribution in [0.3, 0.4) is 0 Å². The third kappa shape index (κ3) is 2.93. The number of benzene rings is 1. The van der Waals surface area contributed by atoms with Crippen molar-refractivity contribution in [3.05, 3.63) is 29.3 Å². The molecule has 4 aliphatic rings. The molecular formula is C18H22N2O3. The topological polar surface area (TPSA) is 50.8 Å². The summed E-state index contributed by atoms with van der Waals surface area (Å²) in [6, 6.07) is 6.18. The molecule has 0 aliphatic carbocycles. The molecule has 0 radical (unpaired) electrons. The van der Waals surface area contributed by atoms with Gasteiger partial charge in [-0.2, -0.15) is 0 Å². The smallest absolute Gasteiger partial charge is 0.224 e.